The minimum Gasteiger partial charge on any atom is -0.348 e. The van der Waals surface area contributed by atoms with E-state index in [9.17, 15) is 4.79 Å². The lowest BCUT2D eigenvalue weighted by Crippen LogP contribution is -2.38. The van der Waals surface area contributed by atoms with Gasteiger partial charge in [-0.3, -0.25) is 4.79 Å². The van der Waals surface area contributed by atoms with Crippen molar-refractivity contribution in [2.24, 2.45) is 5.92 Å². The summed E-state index contributed by atoms with van der Waals surface area (Å²) in [5, 5.41) is 4.76. The van der Waals surface area contributed by atoms with Gasteiger partial charge < -0.3 is 10.2 Å². The van der Waals surface area contributed by atoms with Crippen molar-refractivity contribution < 1.29 is 4.79 Å². The van der Waals surface area contributed by atoms with Gasteiger partial charge in [-0.25, -0.2) is 9.97 Å². The first-order valence-corrected chi connectivity index (χ1v) is 10.7. The van der Waals surface area contributed by atoms with Gasteiger partial charge >= 0.3 is 0 Å². The van der Waals surface area contributed by atoms with Crippen molar-refractivity contribution in [1.82, 2.24) is 9.97 Å². The van der Waals surface area contributed by atoms with E-state index < -0.39 is 0 Å². The fourth-order valence-electron chi connectivity index (χ4n) is 3.46. The quantitative estimate of drug-likeness (QED) is 0.544. The number of thiazole rings is 2. The first-order chi connectivity index (χ1) is 13.3. The molecule has 5 rings (SSSR count). The number of fused-ring (bicyclic) bond motifs is 2. The van der Waals surface area contributed by atoms with E-state index in [1.165, 1.54) is 16.0 Å². The van der Waals surface area contributed by atoms with Crippen molar-refractivity contribution in [2.45, 2.75) is 12.8 Å². The van der Waals surface area contributed by atoms with E-state index in [1.54, 1.807) is 11.3 Å². The van der Waals surface area contributed by atoms with Crippen LogP contribution in [0.15, 0.2) is 48.5 Å². The molecular formula is C20H18N4OS2. The zero-order valence-corrected chi connectivity index (χ0v) is 16.2. The molecule has 0 radical (unpaired) electrons. The zero-order valence-electron chi connectivity index (χ0n) is 14.6. The third-order valence-corrected chi connectivity index (χ3v) is 6.99. The summed E-state index contributed by atoms with van der Waals surface area (Å²) in [4.78, 5) is 24.2. The highest BCUT2D eigenvalue weighted by Crippen LogP contribution is 2.32. The highest BCUT2D eigenvalue weighted by atomic mass is 32.1. The summed E-state index contributed by atoms with van der Waals surface area (Å²) in [5.41, 5.74) is 1.98. The van der Waals surface area contributed by atoms with E-state index in [1.807, 2.05) is 42.5 Å². The van der Waals surface area contributed by atoms with Crippen molar-refractivity contribution in [3.63, 3.8) is 0 Å². The van der Waals surface area contributed by atoms with Gasteiger partial charge in [-0.05, 0) is 37.1 Å². The number of amides is 1. The van der Waals surface area contributed by atoms with Gasteiger partial charge in [-0.1, -0.05) is 46.9 Å². The second-order valence-corrected chi connectivity index (χ2v) is 8.74. The van der Waals surface area contributed by atoms with Gasteiger partial charge in [0.2, 0.25) is 5.91 Å². The van der Waals surface area contributed by atoms with Crippen molar-refractivity contribution in [2.75, 3.05) is 23.3 Å². The Labute approximate surface area is 164 Å². The number of anilines is 2. The van der Waals surface area contributed by atoms with E-state index >= 15 is 0 Å². The molecule has 1 N–H and O–H groups in total. The lowest BCUT2D eigenvalue weighted by atomic mass is 9.96. The van der Waals surface area contributed by atoms with Crippen molar-refractivity contribution in [3.8, 4) is 0 Å². The van der Waals surface area contributed by atoms with Crippen molar-refractivity contribution in [1.29, 1.82) is 0 Å². The van der Waals surface area contributed by atoms with Crippen LogP contribution in [0, 0.1) is 5.92 Å². The van der Waals surface area contributed by atoms with Gasteiger partial charge in [-0.15, -0.1) is 0 Å². The number of aromatic nitrogens is 2. The third-order valence-electron chi connectivity index (χ3n) is 4.94. The van der Waals surface area contributed by atoms with Crippen LogP contribution in [0.25, 0.3) is 20.4 Å². The maximum atomic E-state index is 12.7. The number of para-hydroxylation sites is 2. The molecule has 0 saturated carbocycles. The number of carbonyl (C=O) groups is 1. The number of rotatable bonds is 3. The lowest BCUT2D eigenvalue weighted by molar-refractivity contribution is -0.120. The number of hydrogen-bond donors (Lipinski definition) is 1. The van der Waals surface area contributed by atoms with E-state index in [0.717, 1.165) is 46.8 Å². The Morgan fingerprint density at radius 2 is 1.56 bits per heavy atom. The normalized spacial score (nSPS) is 15.5. The van der Waals surface area contributed by atoms with Gasteiger partial charge in [-0.2, -0.15) is 0 Å². The zero-order chi connectivity index (χ0) is 18.2. The molecule has 2 aromatic carbocycles. The molecule has 0 unspecified atom stereocenters. The highest BCUT2D eigenvalue weighted by molar-refractivity contribution is 7.22. The minimum atomic E-state index is 0.0302. The lowest BCUT2D eigenvalue weighted by Gasteiger charge is -2.30. The summed E-state index contributed by atoms with van der Waals surface area (Å²) in [6, 6.07) is 16.2. The first kappa shape index (κ1) is 16.6. The van der Waals surface area contributed by atoms with E-state index in [0.29, 0.717) is 5.13 Å². The molecule has 0 bridgehead atoms. The van der Waals surface area contributed by atoms with Gasteiger partial charge in [0.1, 0.15) is 0 Å². The molecule has 7 heteroatoms. The number of piperidine rings is 1. The Balaban J connectivity index is 1.23. The van der Waals surface area contributed by atoms with Gasteiger partial charge in [0.05, 0.1) is 20.4 Å². The van der Waals surface area contributed by atoms with Crippen LogP contribution < -0.4 is 10.2 Å². The van der Waals surface area contributed by atoms with Crippen LogP contribution in [0.4, 0.5) is 10.3 Å². The standard InChI is InChI=1S/C20H18N4OS2/c25-18(23-19-21-14-5-1-3-7-16(14)26-19)13-9-11-24(12-10-13)20-22-15-6-2-4-8-17(15)27-20/h1-8,13H,9-12H2,(H,21,23,25). The topological polar surface area (TPSA) is 58.1 Å². The fraction of sp³-hybridized carbons (Fsp3) is 0.250. The molecule has 1 fully saturated rings. The largest absolute Gasteiger partial charge is 0.348 e. The molecule has 1 aliphatic heterocycles. The summed E-state index contributed by atoms with van der Waals surface area (Å²) in [6.45, 7) is 1.72. The summed E-state index contributed by atoms with van der Waals surface area (Å²) in [5.74, 6) is 0.112. The van der Waals surface area contributed by atoms with Gasteiger partial charge in [0.15, 0.2) is 10.3 Å². The molecule has 2 aromatic heterocycles. The SMILES string of the molecule is O=C(Nc1nc2ccccc2s1)C1CCN(c2nc3ccccc3s2)CC1. The number of carbonyl (C=O) groups excluding carboxylic acids is 1. The van der Waals surface area contributed by atoms with Crippen molar-refractivity contribution >= 4 is 59.3 Å². The smallest absolute Gasteiger partial charge is 0.229 e. The van der Waals surface area contributed by atoms with E-state index in [2.05, 4.69) is 21.3 Å². The molecule has 0 spiro atoms. The Kier molecular flexibility index (Phi) is 4.26. The van der Waals surface area contributed by atoms with Crippen LogP contribution in [-0.4, -0.2) is 29.0 Å². The van der Waals surface area contributed by atoms with Crippen molar-refractivity contribution in [3.05, 3.63) is 48.5 Å². The fourth-order valence-corrected chi connectivity index (χ4v) is 5.35. The van der Waals surface area contributed by atoms with Crippen LogP contribution in [0.5, 0.6) is 0 Å². The molecular weight excluding hydrogens is 376 g/mol. The number of hydrogen-bond acceptors (Lipinski definition) is 6. The van der Waals surface area contributed by atoms with Crippen LogP contribution in [-0.2, 0) is 4.79 Å². The Hall–Kier alpha value is -2.51. The third kappa shape index (κ3) is 3.28. The molecule has 3 heterocycles. The predicted molar refractivity (Wildman–Crippen MR) is 113 cm³/mol. The first-order valence-electron chi connectivity index (χ1n) is 9.03. The summed E-state index contributed by atoms with van der Waals surface area (Å²) in [7, 11) is 0. The number of benzene rings is 2. The molecule has 4 aromatic rings. The maximum absolute atomic E-state index is 12.7. The van der Waals surface area contributed by atoms with Crippen LogP contribution in [0.3, 0.4) is 0 Å². The van der Waals surface area contributed by atoms with Gasteiger partial charge in [0.25, 0.3) is 0 Å². The van der Waals surface area contributed by atoms with Gasteiger partial charge in [0, 0.05) is 19.0 Å². The van der Waals surface area contributed by atoms with Crippen LogP contribution in [0.1, 0.15) is 12.8 Å². The average molecular weight is 395 g/mol. The minimum absolute atomic E-state index is 0.0302. The molecule has 27 heavy (non-hydrogen) atoms. The molecule has 1 aliphatic rings. The molecule has 5 nitrogen and oxygen atoms in total. The van der Waals surface area contributed by atoms with Crippen LogP contribution >= 0.6 is 22.7 Å². The molecule has 0 atom stereocenters. The maximum Gasteiger partial charge on any atom is 0.229 e. The van der Waals surface area contributed by atoms with E-state index in [4.69, 9.17) is 4.98 Å². The highest BCUT2D eigenvalue weighted by Gasteiger charge is 2.27. The Bertz CT molecular complexity index is 1050. The Morgan fingerprint density at radius 1 is 0.926 bits per heavy atom. The number of nitrogens with one attached hydrogen (secondary N) is 1. The monoisotopic (exact) mass is 394 g/mol. The second kappa shape index (κ2) is 6.90. The summed E-state index contributed by atoms with van der Waals surface area (Å²) < 4.78 is 2.31. The second-order valence-electron chi connectivity index (χ2n) is 6.70. The molecule has 1 amide bonds. The van der Waals surface area contributed by atoms with Crippen LogP contribution in [0.2, 0.25) is 0 Å². The molecule has 136 valence electrons. The Morgan fingerprint density at radius 3 is 2.22 bits per heavy atom. The number of nitrogens with zero attached hydrogens (tertiary/aromatic N) is 3. The van der Waals surface area contributed by atoms with E-state index in [-0.39, 0.29) is 11.8 Å². The molecule has 1 saturated heterocycles. The summed E-state index contributed by atoms with van der Waals surface area (Å²) in [6.07, 6.45) is 1.68. The average Bonchev–Trinajstić information content (AvgIpc) is 3.31. The summed E-state index contributed by atoms with van der Waals surface area (Å²) >= 11 is 3.25. The molecule has 0 aliphatic carbocycles. The predicted octanol–water partition coefficient (Wildman–Crippen LogP) is 4.76.